The summed E-state index contributed by atoms with van der Waals surface area (Å²) in [5, 5.41) is 0. The Bertz CT molecular complexity index is 1560. The number of carbonyl (C=O) groups is 1. The van der Waals surface area contributed by atoms with Crippen molar-refractivity contribution in [2.45, 2.75) is 38.5 Å². The van der Waals surface area contributed by atoms with Crippen molar-refractivity contribution < 1.29 is 14.3 Å². The number of piperazine rings is 1. The molecule has 2 saturated heterocycles. The van der Waals surface area contributed by atoms with Crippen molar-refractivity contribution in [3.05, 3.63) is 77.6 Å². The van der Waals surface area contributed by atoms with E-state index in [1.807, 2.05) is 12.1 Å². The normalized spacial score (nSPS) is 19.2. The molecule has 0 unspecified atom stereocenters. The van der Waals surface area contributed by atoms with E-state index in [-0.39, 0.29) is 12.1 Å². The highest BCUT2D eigenvalue weighted by molar-refractivity contribution is 5.93. The van der Waals surface area contributed by atoms with E-state index in [2.05, 4.69) is 61.7 Å². The molecule has 41 heavy (non-hydrogen) atoms. The summed E-state index contributed by atoms with van der Waals surface area (Å²) in [4.78, 5) is 29.5. The average molecular weight is 553 g/mol. The largest absolute Gasteiger partial charge is 0.465 e. The monoisotopic (exact) mass is 552 g/mol. The smallest absolute Gasteiger partial charge is 0.337 e. The van der Waals surface area contributed by atoms with Gasteiger partial charge in [0.15, 0.2) is 0 Å². The van der Waals surface area contributed by atoms with Crippen molar-refractivity contribution in [2.75, 3.05) is 56.2 Å². The number of anilines is 3. The molecule has 2 aromatic heterocycles. The first-order valence-corrected chi connectivity index (χ1v) is 14.6. The van der Waals surface area contributed by atoms with Gasteiger partial charge in [0.25, 0.3) is 0 Å². The van der Waals surface area contributed by atoms with E-state index in [1.165, 1.54) is 18.4 Å². The van der Waals surface area contributed by atoms with E-state index in [1.54, 1.807) is 6.07 Å². The lowest BCUT2D eigenvalue weighted by atomic mass is 10.0. The van der Waals surface area contributed by atoms with Crippen molar-refractivity contribution in [3.63, 3.8) is 0 Å². The molecule has 0 bridgehead atoms. The van der Waals surface area contributed by atoms with Gasteiger partial charge in [0.1, 0.15) is 17.5 Å². The predicted octanol–water partition coefficient (Wildman–Crippen LogP) is 4.41. The van der Waals surface area contributed by atoms with Crippen LogP contribution >= 0.6 is 0 Å². The van der Waals surface area contributed by atoms with Gasteiger partial charge in [0.2, 0.25) is 0 Å². The molecule has 0 aliphatic carbocycles. The maximum absolute atomic E-state index is 12.2. The lowest BCUT2D eigenvalue weighted by Crippen LogP contribution is -2.46. The van der Waals surface area contributed by atoms with Gasteiger partial charge in [-0.25, -0.2) is 14.8 Å². The molecule has 3 aliphatic heterocycles. The summed E-state index contributed by atoms with van der Waals surface area (Å²) < 4.78 is 13.0. The summed E-state index contributed by atoms with van der Waals surface area (Å²) in [6.07, 6.45) is 3.50. The number of pyridine rings is 1. The first kappa shape index (κ1) is 26.0. The van der Waals surface area contributed by atoms with Crippen molar-refractivity contribution in [2.24, 2.45) is 0 Å². The number of methoxy groups -OCH3 is 1. The summed E-state index contributed by atoms with van der Waals surface area (Å²) in [5.41, 5.74) is 5.07. The van der Waals surface area contributed by atoms with Crippen LogP contribution < -0.4 is 9.80 Å². The fourth-order valence-corrected chi connectivity index (χ4v) is 6.22. The number of hydrogen-bond donors (Lipinski definition) is 0. The average Bonchev–Trinajstić information content (AvgIpc) is 3.34. The maximum Gasteiger partial charge on any atom is 0.337 e. The number of rotatable bonds is 7. The highest BCUT2D eigenvalue weighted by Gasteiger charge is 2.26. The van der Waals surface area contributed by atoms with Gasteiger partial charge >= 0.3 is 5.97 Å². The van der Waals surface area contributed by atoms with Crippen LogP contribution in [0.15, 0.2) is 60.7 Å². The fourth-order valence-electron chi connectivity index (χ4n) is 6.22. The Hall–Kier alpha value is -3.95. The van der Waals surface area contributed by atoms with E-state index in [4.69, 9.17) is 19.4 Å². The standard InChI is InChI=1S/C32H36N6O3/c1-40-32(39)24-11-12-26-28(20-24)38(21-25-13-19-41-25)31(33-26)22-35-15-17-36(18-16-35)29-9-4-10-30(34-29)37-14-5-7-23-6-2-3-8-27(23)37/h2-4,6,8-12,20,25H,5,7,13-19,21-22H2,1H3/t25-/m0/s1. The van der Waals surface area contributed by atoms with E-state index >= 15 is 0 Å². The Morgan fingerprint density at radius 2 is 1.80 bits per heavy atom. The van der Waals surface area contributed by atoms with Gasteiger partial charge in [-0.15, -0.1) is 0 Å². The molecule has 4 aromatic rings. The molecule has 212 valence electrons. The molecule has 2 fully saturated rings. The minimum absolute atomic E-state index is 0.190. The molecule has 2 aromatic carbocycles. The van der Waals surface area contributed by atoms with Gasteiger partial charge in [-0.2, -0.15) is 0 Å². The van der Waals surface area contributed by atoms with Crippen LogP contribution in [-0.4, -0.2) is 77.9 Å². The molecule has 9 nitrogen and oxygen atoms in total. The SMILES string of the molecule is COC(=O)c1ccc2nc(CN3CCN(c4cccc(N5CCCc6ccccc65)n4)CC3)n(C[C@@H]3CCO3)c2c1. The number of aromatic nitrogens is 3. The number of imidazole rings is 1. The molecule has 9 heteroatoms. The zero-order valence-electron chi connectivity index (χ0n) is 23.5. The number of aryl methyl sites for hydroxylation is 1. The van der Waals surface area contributed by atoms with Gasteiger partial charge in [-0.05, 0) is 61.2 Å². The first-order valence-electron chi connectivity index (χ1n) is 14.6. The number of esters is 1. The van der Waals surface area contributed by atoms with Crippen LogP contribution in [-0.2, 0) is 29.0 Å². The maximum atomic E-state index is 12.2. The van der Waals surface area contributed by atoms with Crippen molar-refractivity contribution in [1.29, 1.82) is 0 Å². The van der Waals surface area contributed by atoms with E-state index in [9.17, 15) is 4.79 Å². The minimum atomic E-state index is -0.334. The molecule has 5 heterocycles. The van der Waals surface area contributed by atoms with Crippen molar-refractivity contribution in [1.82, 2.24) is 19.4 Å². The second-order valence-corrected chi connectivity index (χ2v) is 11.1. The van der Waals surface area contributed by atoms with Gasteiger partial charge in [0.05, 0.1) is 42.9 Å². The summed E-state index contributed by atoms with van der Waals surface area (Å²) in [5.74, 6) is 2.74. The number of hydrogen-bond acceptors (Lipinski definition) is 8. The van der Waals surface area contributed by atoms with Crippen molar-refractivity contribution >= 4 is 34.3 Å². The van der Waals surface area contributed by atoms with Crippen molar-refractivity contribution in [3.8, 4) is 0 Å². The number of nitrogens with zero attached hydrogens (tertiary/aromatic N) is 6. The third kappa shape index (κ3) is 5.15. The molecule has 1 atom stereocenters. The molecule has 7 rings (SSSR count). The Labute approximate surface area is 240 Å². The lowest BCUT2D eigenvalue weighted by molar-refractivity contribution is -0.0592. The lowest BCUT2D eigenvalue weighted by Gasteiger charge is -2.36. The minimum Gasteiger partial charge on any atom is -0.465 e. The second-order valence-electron chi connectivity index (χ2n) is 11.1. The zero-order valence-corrected chi connectivity index (χ0v) is 23.5. The van der Waals surface area contributed by atoms with Crippen LogP contribution in [0, 0.1) is 0 Å². The number of para-hydroxylation sites is 1. The molecule has 3 aliphatic rings. The summed E-state index contributed by atoms with van der Waals surface area (Å²) >= 11 is 0. The van der Waals surface area contributed by atoms with Gasteiger partial charge in [0, 0.05) is 45.0 Å². The van der Waals surface area contributed by atoms with E-state index < -0.39 is 0 Å². The van der Waals surface area contributed by atoms with Crippen LogP contribution in [0.3, 0.4) is 0 Å². The van der Waals surface area contributed by atoms with E-state index in [0.717, 1.165) is 100 Å². The quantitative estimate of drug-likeness (QED) is 0.312. The molecule has 0 amide bonds. The van der Waals surface area contributed by atoms with Gasteiger partial charge in [-0.1, -0.05) is 24.3 Å². The molecular formula is C32H36N6O3. The van der Waals surface area contributed by atoms with E-state index in [0.29, 0.717) is 5.56 Å². The highest BCUT2D eigenvalue weighted by atomic mass is 16.5. The topological polar surface area (TPSA) is 76.0 Å². The Kier molecular flexibility index (Phi) is 7.06. The number of carbonyl (C=O) groups excluding carboxylic acids is 1. The third-order valence-corrected chi connectivity index (χ3v) is 8.60. The second kappa shape index (κ2) is 11.1. The van der Waals surface area contributed by atoms with Crippen LogP contribution in [0.25, 0.3) is 11.0 Å². The summed E-state index contributed by atoms with van der Waals surface area (Å²) in [7, 11) is 1.41. The number of benzene rings is 2. The van der Waals surface area contributed by atoms with Crippen LogP contribution in [0.1, 0.15) is 34.6 Å². The van der Waals surface area contributed by atoms with Gasteiger partial charge in [-0.3, -0.25) is 4.90 Å². The van der Waals surface area contributed by atoms with Crippen LogP contribution in [0.2, 0.25) is 0 Å². The zero-order chi connectivity index (χ0) is 27.8. The molecule has 0 spiro atoms. The Balaban J connectivity index is 1.06. The van der Waals surface area contributed by atoms with Crippen LogP contribution in [0.4, 0.5) is 17.3 Å². The van der Waals surface area contributed by atoms with Crippen LogP contribution in [0.5, 0.6) is 0 Å². The Morgan fingerprint density at radius 3 is 2.61 bits per heavy atom. The molecular weight excluding hydrogens is 516 g/mol. The Morgan fingerprint density at radius 1 is 0.976 bits per heavy atom. The predicted molar refractivity (Wildman–Crippen MR) is 159 cm³/mol. The summed E-state index contributed by atoms with van der Waals surface area (Å²) in [6, 6.07) is 20.7. The molecule has 0 radical (unpaired) electrons. The number of fused-ring (bicyclic) bond motifs is 2. The molecule has 0 saturated carbocycles. The van der Waals surface area contributed by atoms with Gasteiger partial charge < -0.3 is 23.8 Å². The molecule has 0 N–H and O–H groups in total. The first-order chi connectivity index (χ1) is 20.2. The number of ether oxygens (including phenoxy) is 2. The third-order valence-electron chi connectivity index (χ3n) is 8.60. The fraction of sp³-hybridized carbons (Fsp3) is 0.406. The summed E-state index contributed by atoms with van der Waals surface area (Å²) in [6.45, 7) is 6.96. The highest BCUT2D eigenvalue weighted by Crippen LogP contribution is 2.33.